The molecule has 1 N–H and O–H groups in total. The maximum atomic E-state index is 12.7. The van der Waals surface area contributed by atoms with E-state index in [4.69, 9.17) is 4.74 Å². The van der Waals surface area contributed by atoms with Gasteiger partial charge in [0.2, 0.25) is 0 Å². The number of carbonyl (C=O) groups is 2. The number of nitro benzene ring substituents is 1. The third kappa shape index (κ3) is 5.35. The third-order valence-corrected chi connectivity index (χ3v) is 6.16. The number of amides is 1. The fraction of sp³-hybridized carbons (Fsp3) is 0.318. The van der Waals surface area contributed by atoms with Gasteiger partial charge in [-0.05, 0) is 61.4 Å². The van der Waals surface area contributed by atoms with E-state index in [9.17, 15) is 25.0 Å². The van der Waals surface area contributed by atoms with Crippen molar-refractivity contribution < 1.29 is 19.2 Å². The molecule has 0 spiro atoms. The minimum Gasteiger partial charge on any atom is -0.449 e. The van der Waals surface area contributed by atoms with Crippen molar-refractivity contribution in [1.29, 1.82) is 5.26 Å². The van der Waals surface area contributed by atoms with Crippen molar-refractivity contribution in [2.24, 2.45) is 0 Å². The number of non-ortho nitro benzene ring substituents is 1. The number of hydrogen-bond donors (Lipinski definition) is 1. The number of nitro groups is 1. The van der Waals surface area contributed by atoms with Crippen LogP contribution in [0.3, 0.4) is 0 Å². The number of aryl methyl sites for hydroxylation is 1. The normalized spacial score (nSPS) is 13.8. The molecule has 1 aliphatic rings. The number of rotatable bonds is 7. The van der Waals surface area contributed by atoms with Crippen LogP contribution in [-0.2, 0) is 27.2 Å². The zero-order valence-corrected chi connectivity index (χ0v) is 17.7. The molecule has 9 heteroatoms. The van der Waals surface area contributed by atoms with Crippen LogP contribution >= 0.6 is 11.3 Å². The van der Waals surface area contributed by atoms with Gasteiger partial charge in [0.1, 0.15) is 11.1 Å². The highest BCUT2D eigenvalue weighted by molar-refractivity contribution is 7.16. The van der Waals surface area contributed by atoms with Gasteiger partial charge in [0.15, 0.2) is 6.10 Å². The number of nitrogens with zero attached hydrogens (tertiary/aromatic N) is 2. The largest absolute Gasteiger partial charge is 0.449 e. The quantitative estimate of drug-likeness (QED) is 0.296. The Bertz CT molecular complexity index is 1070. The number of hydrogen-bond acceptors (Lipinski definition) is 7. The molecule has 1 amide bonds. The van der Waals surface area contributed by atoms with Crippen LogP contribution in [0.4, 0.5) is 10.7 Å². The monoisotopic (exact) mass is 439 g/mol. The van der Waals surface area contributed by atoms with Gasteiger partial charge in [-0.15, -0.1) is 11.3 Å². The molecule has 1 aromatic carbocycles. The van der Waals surface area contributed by atoms with Crippen molar-refractivity contribution in [3.8, 4) is 6.07 Å². The molecule has 0 saturated heterocycles. The highest BCUT2D eigenvalue weighted by Gasteiger charge is 2.25. The molecule has 0 fully saturated rings. The summed E-state index contributed by atoms with van der Waals surface area (Å²) in [5.74, 6) is -1.18. The van der Waals surface area contributed by atoms with Crippen molar-refractivity contribution in [3.63, 3.8) is 0 Å². The molecule has 1 aromatic heterocycles. The number of carbonyl (C=O) groups excluding carboxylic acids is 2. The minimum atomic E-state index is -1.00. The van der Waals surface area contributed by atoms with E-state index >= 15 is 0 Å². The van der Waals surface area contributed by atoms with E-state index in [1.807, 2.05) is 0 Å². The Morgan fingerprint density at radius 2 is 2.03 bits per heavy atom. The molecule has 2 aromatic rings. The first-order valence-corrected chi connectivity index (χ1v) is 10.7. The Kier molecular flexibility index (Phi) is 7.15. The molecule has 0 aliphatic heterocycles. The van der Waals surface area contributed by atoms with Gasteiger partial charge in [-0.1, -0.05) is 6.92 Å². The number of nitrogens with one attached hydrogen (secondary N) is 1. The van der Waals surface area contributed by atoms with Crippen molar-refractivity contribution >= 4 is 40.0 Å². The summed E-state index contributed by atoms with van der Waals surface area (Å²) in [6, 6.07) is 7.87. The first kappa shape index (κ1) is 22.2. The molecule has 3 rings (SSSR count). The second kappa shape index (κ2) is 10.00. The first-order chi connectivity index (χ1) is 14.9. The van der Waals surface area contributed by atoms with Gasteiger partial charge in [-0.2, -0.15) is 5.26 Å². The van der Waals surface area contributed by atoms with E-state index < -0.39 is 22.9 Å². The summed E-state index contributed by atoms with van der Waals surface area (Å²) in [5.41, 5.74) is 2.06. The predicted molar refractivity (Wildman–Crippen MR) is 117 cm³/mol. The summed E-state index contributed by atoms with van der Waals surface area (Å²) in [5, 5.41) is 23.5. The summed E-state index contributed by atoms with van der Waals surface area (Å²) >= 11 is 1.42. The average molecular weight is 439 g/mol. The molecule has 0 saturated carbocycles. The zero-order chi connectivity index (χ0) is 22.4. The van der Waals surface area contributed by atoms with E-state index in [1.54, 1.807) is 6.92 Å². The van der Waals surface area contributed by atoms with Gasteiger partial charge in [0.25, 0.3) is 11.6 Å². The highest BCUT2D eigenvalue weighted by Crippen LogP contribution is 2.37. The van der Waals surface area contributed by atoms with Gasteiger partial charge in [0, 0.05) is 23.1 Å². The van der Waals surface area contributed by atoms with Gasteiger partial charge >= 0.3 is 5.97 Å². The van der Waals surface area contributed by atoms with Gasteiger partial charge in [-0.3, -0.25) is 14.9 Å². The van der Waals surface area contributed by atoms with E-state index in [2.05, 4.69) is 11.4 Å². The molecule has 1 aliphatic carbocycles. The molecular weight excluding hydrogens is 418 g/mol. The summed E-state index contributed by atoms with van der Waals surface area (Å²) in [6.45, 7) is 1.72. The van der Waals surface area contributed by atoms with Gasteiger partial charge in [0.05, 0.1) is 10.5 Å². The van der Waals surface area contributed by atoms with Crippen molar-refractivity contribution in [3.05, 3.63) is 62.0 Å². The number of anilines is 1. The van der Waals surface area contributed by atoms with Crippen LogP contribution < -0.4 is 5.32 Å². The van der Waals surface area contributed by atoms with Crippen LogP contribution in [0.2, 0.25) is 0 Å². The van der Waals surface area contributed by atoms with E-state index in [1.165, 1.54) is 47.8 Å². The van der Waals surface area contributed by atoms with Crippen LogP contribution in [-0.4, -0.2) is 22.9 Å². The van der Waals surface area contributed by atoms with Crippen LogP contribution in [0.25, 0.3) is 6.08 Å². The van der Waals surface area contributed by atoms with E-state index in [-0.39, 0.29) is 12.1 Å². The number of esters is 1. The molecule has 1 atom stereocenters. The Labute approximate surface area is 183 Å². The van der Waals surface area contributed by atoms with Crippen LogP contribution in [0.15, 0.2) is 30.3 Å². The zero-order valence-electron chi connectivity index (χ0n) is 16.9. The van der Waals surface area contributed by atoms with E-state index in [0.717, 1.165) is 36.1 Å². The highest BCUT2D eigenvalue weighted by atomic mass is 32.1. The molecule has 0 unspecified atom stereocenters. The van der Waals surface area contributed by atoms with Gasteiger partial charge in [-0.25, -0.2) is 4.79 Å². The van der Waals surface area contributed by atoms with Crippen molar-refractivity contribution in [1.82, 2.24) is 0 Å². The smallest absolute Gasteiger partial charge is 0.331 e. The van der Waals surface area contributed by atoms with Crippen LogP contribution in [0, 0.1) is 21.4 Å². The Balaban J connectivity index is 1.63. The average Bonchev–Trinajstić information content (AvgIpc) is 3.12. The lowest BCUT2D eigenvalue weighted by Crippen LogP contribution is -2.31. The number of benzene rings is 1. The molecule has 8 nitrogen and oxygen atoms in total. The predicted octanol–water partition coefficient (Wildman–Crippen LogP) is 4.38. The molecule has 1 heterocycles. The second-order valence-electron chi connectivity index (χ2n) is 7.03. The van der Waals surface area contributed by atoms with Crippen LogP contribution in [0.1, 0.15) is 47.8 Å². The molecule has 0 radical (unpaired) electrons. The Hall–Kier alpha value is -3.51. The molecule has 31 heavy (non-hydrogen) atoms. The number of ether oxygens (including phenoxy) is 1. The topological polar surface area (TPSA) is 122 Å². The lowest BCUT2D eigenvalue weighted by atomic mass is 9.96. The third-order valence-electron chi connectivity index (χ3n) is 4.96. The molecule has 160 valence electrons. The maximum Gasteiger partial charge on any atom is 0.331 e. The number of nitriles is 1. The number of fused-ring (bicyclic) bond motifs is 1. The summed E-state index contributed by atoms with van der Waals surface area (Å²) < 4.78 is 5.27. The summed E-state index contributed by atoms with van der Waals surface area (Å²) in [4.78, 5) is 36.1. The second-order valence-corrected chi connectivity index (χ2v) is 8.14. The standard InChI is InChI=1S/C22H21N3O5S/c1-2-18(30-20(26)12-9-14-7-10-15(11-8-14)25(28)29)21(27)24-22-17(13-23)16-5-3-4-6-19(16)31-22/h7-12,18H,2-6H2,1H3,(H,24,27)/t18-/m0/s1. The lowest BCUT2D eigenvalue weighted by Gasteiger charge is -2.14. The maximum absolute atomic E-state index is 12.7. The van der Waals surface area contributed by atoms with Crippen molar-refractivity contribution in [2.45, 2.75) is 45.1 Å². The lowest BCUT2D eigenvalue weighted by molar-refractivity contribution is -0.384. The Morgan fingerprint density at radius 3 is 2.68 bits per heavy atom. The summed E-state index contributed by atoms with van der Waals surface area (Å²) in [7, 11) is 0. The van der Waals surface area contributed by atoms with E-state index in [0.29, 0.717) is 16.1 Å². The molecule has 0 bridgehead atoms. The fourth-order valence-corrected chi connectivity index (χ4v) is 4.58. The fourth-order valence-electron chi connectivity index (χ4n) is 3.34. The molecular formula is C22H21N3O5S. The van der Waals surface area contributed by atoms with Crippen LogP contribution in [0.5, 0.6) is 0 Å². The van der Waals surface area contributed by atoms with Crippen molar-refractivity contribution in [2.75, 3.05) is 5.32 Å². The number of thiophene rings is 1. The Morgan fingerprint density at radius 1 is 1.32 bits per heavy atom. The SMILES string of the molecule is CC[C@H](OC(=O)C=Cc1ccc([N+](=O)[O-])cc1)C(=O)Nc1sc2c(c1C#N)CCCC2. The first-order valence-electron chi connectivity index (χ1n) is 9.91. The summed E-state index contributed by atoms with van der Waals surface area (Å²) in [6.07, 6.45) is 5.74. The minimum absolute atomic E-state index is 0.0468. The van der Waals surface area contributed by atoms with Gasteiger partial charge < -0.3 is 10.1 Å².